The molecule has 2 amide bonds. The van der Waals surface area contributed by atoms with E-state index in [2.05, 4.69) is 10.6 Å². The molecule has 0 bridgehead atoms. The van der Waals surface area contributed by atoms with Crippen molar-refractivity contribution < 1.29 is 42.2 Å². The second-order valence-electron chi connectivity index (χ2n) is 7.63. The molecular weight excluding hydrogens is 464 g/mol. The first kappa shape index (κ1) is 31.8. The third-order valence-electron chi connectivity index (χ3n) is 5.07. The van der Waals surface area contributed by atoms with Crippen molar-refractivity contribution in [1.29, 1.82) is 0 Å². The molecule has 0 rings (SSSR count). The van der Waals surface area contributed by atoms with Crippen LogP contribution in [0.1, 0.15) is 58.3 Å². The molecule has 0 aromatic carbocycles. The maximum atomic E-state index is 11.7. The summed E-state index contributed by atoms with van der Waals surface area (Å²) in [5.41, 5.74) is 0.252. The Kier molecular flexibility index (Phi) is 19.0. The quantitative estimate of drug-likeness (QED) is 0.128. The van der Waals surface area contributed by atoms with Crippen molar-refractivity contribution in [2.24, 2.45) is 0 Å². The lowest BCUT2D eigenvalue weighted by Gasteiger charge is -2.24. The second-order valence-corrected chi connectivity index (χ2v) is 10.7. The van der Waals surface area contributed by atoms with Gasteiger partial charge in [0.2, 0.25) is 0 Å². The van der Waals surface area contributed by atoms with Crippen LogP contribution in [0.3, 0.4) is 0 Å². The van der Waals surface area contributed by atoms with Gasteiger partial charge in [0.1, 0.15) is 0 Å². The molecule has 0 atom stereocenters. The third kappa shape index (κ3) is 16.5. The lowest BCUT2D eigenvalue weighted by atomic mass is 10.1. The topological polar surface area (TPSA) is 142 Å². The van der Waals surface area contributed by atoms with Gasteiger partial charge in [-0.15, -0.1) is 0 Å². The van der Waals surface area contributed by atoms with E-state index in [4.69, 9.17) is 27.9 Å². The van der Waals surface area contributed by atoms with Crippen LogP contribution in [0, 0.1) is 0 Å². The van der Waals surface area contributed by atoms with E-state index >= 15 is 0 Å². The van der Waals surface area contributed by atoms with Crippen LogP contribution in [-0.2, 0) is 27.5 Å². The molecule has 0 aromatic rings. The van der Waals surface area contributed by atoms with E-state index in [-0.39, 0.29) is 5.57 Å². The number of hydrogen-bond acceptors (Lipinski definition) is 8. The van der Waals surface area contributed by atoms with E-state index in [0.29, 0.717) is 45.2 Å². The summed E-state index contributed by atoms with van der Waals surface area (Å²) in [6, 6.07) is 0.610. The van der Waals surface area contributed by atoms with E-state index in [1.165, 1.54) is 6.92 Å². The van der Waals surface area contributed by atoms with Crippen LogP contribution < -0.4 is 10.6 Å². The van der Waals surface area contributed by atoms with Crippen LogP contribution in [0.5, 0.6) is 0 Å². The molecule has 0 fully saturated rings. The standard InChI is InChI=1S/C22H42N2O9Si/c1-19(20(25)26)13-11-14-23-21(27)32-16-9-7-5-6-8-10-17-33-22(28)24-15-12-18-34(29-2,30-3)31-4/h13H,5-12,14-18H2,1-4H3,(H,23,27)(H,24,28)(H,25,26). The Morgan fingerprint density at radius 1 is 0.765 bits per heavy atom. The first-order valence-corrected chi connectivity index (χ1v) is 13.6. The van der Waals surface area contributed by atoms with Crippen molar-refractivity contribution in [2.45, 2.75) is 64.3 Å². The number of carbonyl (C=O) groups excluding carboxylic acids is 2. The van der Waals surface area contributed by atoms with Crippen LogP contribution in [-0.4, -0.2) is 79.7 Å². The second kappa shape index (κ2) is 20.2. The smallest absolute Gasteiger partial charge is 0.478 e. The van der Waals surface area contributed by atoms with Gasteiger partial charge in [-0.05, 0) is 32.6 Å². The monoisotopic (exact) mass is 506 g/mol. The fourth-order valence-electron chi connectivity index (χ4n) is 2.94. The molecule has 0 aromatic heterocycles. The van der Waals surface area contributed by atoms with Crippen LogP contribution in [0.15, 0.2) is 11.6 Å². The van der Waals surface area contributed by atoms with Gasteiger partial charge in [0.05, 0.1) is 13.2 Å². The van der Waals surface area contributed by atoms with Gasteiger partial charge in [0.15, 0.2) is 0 Å². The highest BCUT2D eigenvalue weighted by Gasteiger charge is 2.36. The number of unbranched alkanes of at least 4 members (excludes halogenated alkanes) is 5. The Bertz CT molecular complexity index is 605. The van der Waals surface area contributed by atoms with Crippen molar-refractivity contribution in [3.8, 4) is 0 Å². The molecular formula is C22H42N2O9Si. The molecule has 0 radical (unpaired) electrons. The summed E-state index contributed by atoms with van der Waals surface area (Å²) in [4.78, 5) is 33.8. The average molecular weight is 507 g/mol. The van der Waals surface area contributed by atoms with Crippen molar-refractivity contribution in [3.63, 3.8) is 0 Å². The fourth-order valence-corrected chi connectivity index (χ4v) is 4.67. The summed E-state index contributed by atoms with van der Waals surface area (Å²) in [5, 5.41) is 14.0. The van der Waals surface area contributed by atoms with E-state index in [1.807, 2.05) is 0 Å². The Balaban J connectivity index is 3.52. The molecule has 0 heterocycles. The van der Waals surface area contributed by atoms with Crippen molar-refractivity contribution in [2.75, 3.05) is 47.6 Å². The van der Waals surface area contributed by atoms with Gasteiger partial charge in [0.25, 0.3) is 0 Å². The number of carboxylic acid groups (broad SMARTS) is 1. The third-order valence-corrected chi connectivity index (χ3v) is 7.90. The molecule has 11 nitrogen and oxygen atoms in total. The van der Waals surface area contributed by atoms with Gasteiger partial charge in [-0.1, -0.05) is 31.8 Å². The zero-order chi connectivity index (χ0) is 25.7. The molecule has 0 spiro atoms. The number of carbonyl (C=O) groups is 3. The maximum Gasteiger partial charge on any atom is 0.500 e. The highest BCUT2D eigenvalue weighted by atomic mass is 28.4. The summed E-state index contributed by atoms with van der Waals surface area (Å²) < 4.78 is 26.2. The van der Waals surface area contributed by atoms with Gasteiger partial charge in [-0.2, -0.15) is 0 Å². The van der Waals surface area contributed by atoms with Crippen LogP contribution in [0.4, 0.5) is 9.59 Å². The van der Waals surface area contributed by atoms with Crippen molar-refractivity contribution in [1.82, 2.24) is 10.6 Å². The molecule has 0 aliphatic rings. The summed E-state index contributed by atoms with van der Waals surface area (Å²) >= 11 is 0. The highest BCUT2D eigenvalue weighted by Crippen LogP contribution is 2.14. The first-order chi connectivity index (χ1) is 16.3. The predicted molar refractivity (Wildman–Crippen MR) is 129 cm³/mol. The molecule has 0 aliphatic carbocycles. The molecule has 12 heteroatoms. The number of aliphatic carboxylic acids is 1. The van der Waals surface area contributed by atoms with E-state index in [1.54, 1.807) is 27.4 Å². The minimum absolute atomic E-state index is 0.252. The normalized spacial score (nSPS) is 11.7. The first-order valence-electron chi connectivity index (χ1n) is 11.7. The Morgan fingerprint density at radius 2 is 1.24 bits per heavy atom. The number of rotatable bonds is 20. The van der Waals surface area contributed by atoms with Crippen LogP contribution >= 0.6 is 0 Å². The number of alkyl carbamates (subject to hydrolysis) is 2. The van der Waals surface area contributed by atoms with E-state index in [9.17, 15) is 14.4 Å². The molecule has 34 heavy (non-hydrogen) atoms. The largest absolute Gasteiger partial charge is 0.500 e. The summed E-state index contributed by atoms with van der Waals surface area (Å²) in [6.07, 6.45) is 7.27. The Hall–Kier alpha value is -2.15. The lowest BCUT2D eigenvalue weighted by molar-refractivity contribution is -0.132. The number of carboxylic acids is 1. The molecule has 198 valence electrons. The highest BCUT2D eigenvalue weighted by molar-refractivity contribution is 6.60. The van der Waals surface area contributed by atoms with Crippen molar-refractivity contribution in [3.05, 3.63) is 11.6 Å². The molecule has 0 saturated heterocycles. The fraction of sp³-hybridized carbons (Fsp3) is 0.773. The SMILES string of the molecule is CO[Si](CCCNC(=O)OCCCCCCCCOC(=O)NCCC=C(C)C(=O)O)(OC)OC. The van der Waals surface area contributed by atoms with Gasteiger partial charge in [-0.25, -0.2) is 14.4 Å². The lowest BCUT2D eigenvalue weighted by Crippen LogP contribution is -2.43. The zero-order valence-corrected chi connectivity index (χ0v) is 22.0. The number of nitrogens with one attached hydrogen (secondary N) is 2. The predicted octanol–water partition coefficient (Wildman–Crippen LogP) is 3.47. The maximum absolute atomic E-state index is 11.7. The molecule has 0 saturated carbocycles. The van der Waals surface area contributed by atoms with E-state index in [0.717, 1.165) is 38.5 Å². The number of amides is 2. The number of ether oxygens (including phenoxy) is 2. The minimum atomic E-state index is -2.60. The Morgan fingerprint density at radius 3 is 1.71 bits per heavy atom. The zero-order valence-electron chi connectivity index (χ0n) is 21.0. The molecule has 0 unspecified atom stereocenters. The molecule has 3 N–H and O–H groups in total. The van der Waals surface area contributed by atoms with Crippen LogP contribution in [0.2, 0.25) is 6.04 Å². The Labute approximate surface area is 203 Å². The summed E-state index contributed by atoms with van der Waals surface area (Å²) in [5.74, 6) is -0.964. The van der Waals surface area contributed by atoms with Crippen LogP contribution in [0.25, 0.3) is 0 Å². The number of hydrogen-bond donors (Lipinski definition) is 3. The summed E-state index contributed by atoms with van der Waals surface area (Å²) in [6.45, 7) is 3.03. The average Bonchev–Trinajstić information content (AvgIpc) is 2.83. The summed E-state index contributed by atoms with van der Waals surface area (Å²) in [7, 11) is 2.08. The van der Waals surface area contributed by atoms with Gasteiger partial charge in [0, 0.05) is 46.0 Å². The van der Waals surface area contributed by atoms with Crippen molar-refractivity contribution >= 4 is 27.0 Å². The molecule has 0 aliphatic heterocycles. The van der Waals surface area contributed by atoms with Gasteiger partial charge in [-0.3, -0.25) is 0 Å². The van der Waals surface area contributed by atoms with Gasteiger partial charge >= 0.3 is 27.0 Å². The van der Waals surface area contributed by atoms with E-state index < -0.39 is 27.0 Å². The van der Waals surface area contributed by atoms with Gasteiger partial charge < -0.3 is 38.5 Å². The minimum Gasteiger partial charge on any atom is -0.478 e.